The Hall–Kier alpha value is -1.55. The number of nitrogens with two attached hydrogens (primary N) is 1. The number of benzene rings is 1. The third-order valence-corrected chi connectivity index (χ3v) is 3.55. The summed E-state index contributed by atoms with van der Waals surface area (Å²) in [4.78, 5) is 14.4. The van der Waals surface area contributed by atoms with E-state index in [1.807, 2.05) is 38.7 Å². The summed E-state index contributed by atoms with van der Waals surface area (Å²) < 4.78 is 5.66. The van der Waals surface area contributed by atoms with Gasteiger partial charge in [0.15, 0.2) is 0 Å². The van der Waals surface area contributed by atoms with Gasteiger partial charge in [-0.15, -0.1) is 0 Å². The SMILES string of the molecule is Cc1cc(C)c(C(=O)N2CC(C)OC(C)C2)cc1N. The Morgan fingerprint density at radius 1 is 1.21 bits per heavy atom. The predicted octanol–water partition coefficient (Wildman–Crippen LogP) is 2.14. The number of anilines is 1. The zero-order valence-corrected chi connectivity index (χ0v) is 12.1. The zero-order valence-electron chi connectivity index (χ0n) is 12.1. The number of nitrogens with zero attached hydrogens (tertiary/aromatic N) is 1. The molecule has 0 radical (unpaired) electrons. The molecule has 1 fully saturated rings. The van der Waals surface area contributed by atoms with Crippen molar-refractivity contribution < 1.29 is 9.53 Å². The van der Waals surface area contributed by atoms with E-state index in [0.717, 1.165) is 11.1 Å². The average molecular weight is 262 g/mol. The molecule has 0 bridgehead atoms. The molecule has 1 heterocycles. The first kappa shape index (κ1) is 13.9. The monoisotopic (exact) mass is 262 g/mol. The summed E-state index contributed by atoms with van der Waals surface area (Å²) in [6.45, 7) is 9.16. The zero-order chi connectivity index (χ0) is 14.2. The molecular weight excluding hydrogens is 240 g/mol. The number of aryl methyl sites for hydroxylation is 2. The molecule has 4 heteroatoms. The van der Waals surface area contributed by atoms with Crippen LogP contribution in [0.5, 0.6) is 0 Å². The van der Waals surface area contributed by atoms with Crippen LogP contribution in [0.3, 0.4) is 0 Å². The number of rotatable bonds is 1. The Kier molecular flexibility index (Phi) is 3.80. The number of nitrogen functional groups attached to an aromatic ring is 1. The minimum absolute atomic E-state index is 0.0474. The Labute approximate surface area is 114 Å². The molecule has 2 N–H and O–H groups in total. The van der Waals surface area contributed by atoms with Crippen LogP contribution < -0.4 is 5.73 Å². The van der Waals surface area contributed by atoms with E-state index in [0.29, 0.717) is 24.3 Å². The largest absolute Gasteiger partial charge is 0.398 e. The summed E-state index contributed by atoms with van der Waals surface area (Å²) in [5, 5.41) is 0. The number of hydrogen-bond donors (Lipinski definition) is 1. The number of morpholine rings is 1. The van der Waals surface area contributed by atoms with Crippen LogP contribution in [0.1, 0.15) is 35.3 Å². The van der Waals surface area contributed by atoms with Gasteiger partial charge in [-0.1, -0.05) is 6.07 Å². The molecule has 0 aromatic heterocycles. The number of amides is 1. The second-order valence-electron chi connectivity index (χ2n) is 5.49. The molecule has 19 heavy (non-hydrogen) atoms. The molecule has 1 aromatic carbocycles. The van der Waals surface area contributed by atoms with E-state index in [-0.39, 0.29) is 18.1 Å². The van der Waals surface area contributed by atoms with E-state index < -0.39 is 0 Å². The summed E-state index contributed by atoms with van der Waals surface area (Å²) in [5.74, 6) is 0.0474. The van der Waals surface area contributed by atoms with Crippen molar-refractivity contribution in [3.63, 3.8) is 0 Å². The Morgan fingerprint density at radius 2 is 1.79 bits per heavy atom. The van der Waals surface area contributed by atoms with Gasteiger partial charge in [0, 0.05) is 24.3 Å². The van der Waals surface area contributed by atoms with Crippen molar-refractivity contribution in [2.24, 2.45) is 0 Å². The highest BCUT2D eigenvalue weighted by atomic mass is 16.5. The van der Waals surface area contributed by atoms with E-state index >= 15 is 0 Å². The molecule has 4 nitrogen and oxygen atoms in total. The van der Waals surface area contributed by atoms with Gasteiger partial charge in [-0.3, -0.25) is 4.79 Å². The van der Waals surface area contributed by atoms with Gasteiger partial charge in [-0.2, -0.15) is 0 Å². The molecule has 1 aromatic rings. The maximum absolute atomic E-state index is 12.6. The summed E-state index contributed by atoms with van der Waals surface area (Å²) in [6.07, 6.45) is 0.159. The third kappa shape index (κ3) is 2.89. The molecule has 0 aliphatic carbocycles. The van der Waals surface area contributed by atoms with Crippen LogP contribution >= 0.6 is 0 Å². The Balaban J connectivity index is 2.26. The normalized spacial score (nSPS) is 23.5. The second-order valence-corrected chi connectivity index (χ2v) is 5.49. The van der Waals surface area contributed by atoms with E-state index in [1.165, 1.54) is 0 Å². The molecule has 2 atom stereocenters. The summed E-state index contributed by atoms with van der Waals surface area (Å²) >= 11 is 0. The molecule has 104 valence electrons. The van der Waals surface area contributed by atoms with Crippen LogP contribution in [-0.4, -0.2) is 36.1 Å². The topological polar surface area (TPSA) is 55.6 Å². The van der Waals surface area contributed by atoms with Crippen LogP contribution in [-0.2, 0) is 4.74 Å². The fourth-order valence-corrected chi connectivity index (χ4v) is 2.61. The third-order valence-electron chi connectivity index (χ3n) is 3.55. The minimum atomic E-state index is 0.0474. The predicted molar refractivity (Wildman–Crippen MR) is 76.2 cm³/mol. The minimum Gasteiger partial charge on any atom is -0.398 e. The van der Waals surface area contributed by atoms with Gasteiger partial charge in [-0.25, -0.2) is 0 Å². The van der Waals surface area contributed by atoms with Crippen LogP contribution in [0.25, 0.3) is 0 Å². The van der Waals surface area contributed by atoms with Gasteiger partial charge in [0.1, 0.15) is 0 Å². The first-order valence-electron chi connectivity index (χ1n) is 6.70. The lowest BCUT2D eigenvalue weighted by Gasteiger charge is -2.35. The van der Waals surface area contributed by atoms with Crippen molar-refractivity contribution in [2.75, 3.05) is 18.8 Å². The van der Waals surface area contributed by atoms with Crippen LogP contribution in [0.15, 0.2) is 12.1 Å². The molecule has 1 saturated heterocycles. The first-order chi connectivity index (χ1) is 8.88. The van der Waals surface area contributed by atoms with Crippen molar-refractivity contribution in [1.29, 1.82) is 0 Å². The lowest BCUT2D eigenvalue weighted by Crippen LogP contribution is -2.48. The Morgan fingerprint density at radius 3 is 2.37 bits per heavy atom. The van der Waals surface area contributed by atoms with E-state index in [9.17, 15) is 4.79 Å². The van der Waals surface area contributed by atoms with Crippen molar-refractivity contribution >= 4 is 11.6 Å². The van der Waals surface area contributed by atoms with Crippen molar-refractivity contribution in [2.45, 2.75) is 39.9 Å². The highest BCUT2D eigenvalue weighted by Crippen LogP contribution is 2.21. The molecule has 1 aliphatic heterocycles. The lowest BCUT2D eigenvalue weighted by molar-refractivity contribution is -0.0586. The summed E-state index contributed by atoms with van der Waals surface area (Å²) in [6, 6.07) is 3.76. The van der Waals surface area contributed by atoms with Crippen molar-refractivity contribution in [1.82, 2.24) is 4.90 Å². The summed E-state index contributed by atoms with van der Waals surface area (Å²) in [7, 11) is 0. The second kappa shape index (κ2) is 5.21. The van der Waals surface area contributed by atoms with Gasteiger partial charge >= 0.3 is 0 Å². The molecular formula is C15H22N2O2. The van der Waals surface area contributed by atoms with Gasteiger partial charge in [0.25, 0.3) is 5.91 Å². The molecule has 2 unspecified atom stereocenters. The highest BCUT2D eigenvalue weighted by molar-refractivity contribution is 5.96. The van der Waals surface area contributed by atoms with Crippen LogP contribution in [0.2, 0.25) is 0 Å². The van der Waals surface area contributed by atoms with E-state index in [2.05, 4.69) is 0 Å². The first-order valence-corrected chi connectivity index (χ1v) is 6.70. The molecule has 2 rings (SSSR count). The van der Waals surface area contributed by atoms with Gasteiger partial charge in [0.2, 0.25) is 0 Å². The number of carbonyl (C=O) groups is 1. The highest BCUT2D eigenvalue weighted by Gasteiger charge is 2.27. The molecule has 1 amide bonds. The number of carbonyl (C=O) groups excluding carboxylic acids is 1. The van der Waals surface area contributed by atoms with Crippen LogP contribution in [0.4, 0.5) is 5.69 Å². The molecule has 1 aliphatic rings. The maximum atomic E-state index is 12.6. The molecule has 0 spiro atoms. The summed E-state index contributed by atoms with van der Waals surface area (Å²) in [5.41, 5.74) is 9.27. The smallest absolute Gasteiger partial charge is 0.254 e. The quantitative estimate of drug-likeness (QED) is 0.789. The molecule has 0 saturated carbocycles. The van der Waals surface area contributed by atoms with Gasteiger partial charge in [-0.05, 0) is 44.9 Å². The van der Waals surface area contributed by atoms with Crippen molar-refractivity contribution in [3.05, 3.63) is 28.8 Å². The Bertz CT molecular complexity index is 489. The number of ether oxygens (including phenoxy) is 1. The van der Waals surface area contributed by atoms with Gasteiger partial charge in [0.05, 0.1) is 12.2 Å². The maximum Gasteiger partial charge on any atom is 0.254 e. The number of hydrogen-bond acceptors (Lipinski definition) is 3. The van der Waals surface area contributed by atoms with Crippen molar-refractivity contribution in [3.8, 4) is 0 Å². The average Bonchev–Trinajstić information content (AvgIpc) is 2.31. The van der Waals surface area contributed by atoms with E-state index in [1.54, 1.807) is 6.07 Å². The fourth-order valence-electron chi connectivity index (χ4n) is 2.61. The van der Waals surface area contributed by atoms with Crippen LogP contribution in [0, 0.1) is 13.8 Å². The lowest BCUT2D eigenvalue weighted by atomic mass is 10.0. The van der Waals surface area contributed by atoms with E-state index in [4.69, 9.17) is 10.5 Å². The van der Waals surface area contributed by atoms with Gasteiger partial charge < -0.3 is 15.4 Å². The fraction of sp³-hybridized carbons (Fsp3) is 0.533. The standard InChI is InChI=1S/C15H22N2O2/c1-9-5-10(2)14(16)6-13(9)15(18)17-7-11(3)19-12(4)8-17/h5-6,11-12H,7-8,16H2,1-4H3.